The van der Waals surface area contributed by atoms with Crippen molar-refractivity contribution in [1.82, 2.24) is 4.90 Å². The Kier molecular flexibility index (Phi) is 7.90. The maximum absolute atomic E-state index is 6.23. The summed E-state index contributed by atoms with van der Waals surface area (Å²) in [7, 11) is 3.38. The number of piperidine rings is 1. The number of aliphatic imine (C=N–C) groups is 1. The number of rotatable bonds is 8. The van der Waals surface area contributed by atoms with Gasteiger partial charge in [0, 0.05) is 18.4 Å². The average molecular weight is 397 g/mol. The van der Waals surface area contributed by atoms with Crippen molar-refractivity contribution < 1.29 is 9.47 Å². The number of nitrogens with zero attached hydrogens (tertiary/aromatic N) is 2. The lowest BCUT2D eigenvalue weighted by Crippen LogP contribution is -2.36. The number of likely N-dealkylation sites (tertiary alicyclic amines) is 1. The first-order valence-corrected chi connectivity index (χ1v) is 10.2. The molecule has 1 fully saturated rings. The fraction of sp³-hybridized carbons (Fsp3) is 0.435. The lowest BCUT2D eigenvalue weighted by atomic mass is 10.0. The number of benzene rings is 2. The van der Waals surface area contributed by atoms with E-state index in [1.54, 1.807) is 14.2 Å². The lowest BCUT2D eigenvalue weighted by molar-refractivity contribution is 0.168. The highest BCUT2D eigenvalue weighted by Crippen LogP contribution is 2.26. The van der Waals surface area contributed by atoms with E-state index >= 15 is 0 Å². The Hall–Kier alpha value is -2.57. The number of anilines is 1. The zero-order valence-electron chi connectivity index (χ0n) is 17.4. The smallest absolute Gasteiger partial charge is 0.193 e. The van der Waals surface area contributed by atoms with Gasteiger partial charge in [0.1, 0.15) is 5.75 Å². The Labute approximate surface area is 173 Å². The summed E-state index contributed by atoms with van der Waals surface area (Å²) in [6.07, 6.45) is 3.76. The van der Waals surface area contributed by atoms with Crippen LogP contribution < -0.4 is 15.8 Å². The molecule has 1 unspecified atom stereocenters. The van der Waals surface area contributed by atoms with Crippen LogP contribution in [0.1, 0.15) is 36.4 Å². The number of para-hydroxylation sites is 1. The van der Waals surface area contributed by atoms with E-state index < -0.39 is 0 Å². The molecule has 0 aliphatic carbocycles. The van der Waals surface area contributed by atoms with Gasteiger partial charge in [-0.25, -0.2) is 0 Å². The second kappa shape index (κ2) is 10.8. The second-order valence-corrected chi connectivity index (χ2v) is 7.33. The van der Waals surface area contributed by atoms with Gasteiger partial charge in [0.05, 0.1) is 26.3 Å². The van der Waals surface area contributed by atoms with E-state index in [2.05, 4.69) is 27.3 Å². The zero-order chi connectivity index (χ0) is 20.5. The Bertz CT molecular complexity index is 786. The lowest BCUT2D eigenvalue weighted by Gasteiger charge is -2.34. The molecule has 1 atom stereocenters. The molecule has 6 nitrogen and oxygen atoms in total. The van der Waals surface area contributed by atoms with Crippen molar-refractivity contribution in [2.45, 2.75) is 31.9 Å². The van der Waals surface area contributed by atoms with E-state index in [9.17, 15) is 0 Å². The zero-order valence-corrected chi connectivity index (χ0v) is 17.4. The molecule has 1 heterocycles. The Morgan fingerprint density at radius 1 is 1.07 bits per heavy atom. The van der Waals surface area contributed by atoms with Gasteiger partial charge in [-0.2, -0.15) is 0 Å². The van der Waals surface area contributed by atoms with Crippen LogP contribution in [0.5, 0.6) is 5.75 Å². The SMILES string of the molecule is COCc1ccccc1NC(N)=NCC(c1ccc(OC)cc1)N1CCCCC1. The van der Waals surface area contributed by atoms with Crippen LogP contribution in [0.15, 0.2) is 53.5 Å². The molecule has 0 spiro atoms. The summed E-state index contributed by atoms with van der Waals surface area (Å²) in [5.74, 6) is 1.29. The van der Waals surface area contributed by atoms with E-state index in [-0.39, 0.29) is 6.04 Å². The number of guanidine groups is 1. The fourth-order valence-corrected chi connectivity index (χ4v) is 3.77. The fourth-order valence-electron chi connectivity index (χ4n) is 3.77. The van der Waals surface area contributed by atoms with Crippen LogP contribution in [0.2, 0.25) is 0 Å². The van der Waals surface area contributed by atoms with Crippen LogP contribution in [0.4, 0.5) is 5.69 Å². The minimum absolute atomic E-state index is 0.204. The van der Waals surface area contributed by atoms with Crippen LogP contribution in [-0.4, -0.2) is 44.7 Å². The van der Waals surface area contributed by atoms with Crippen LogP contribution in [0.3, 0.4) is 0 Å². The summed E-state index contributed by atoms with van der Waals surface area (Å²) in [5, 5.41) is 3.23. The molecule has 1 aliphatic rings. The first kappa shape index (κ1) is 21.1. The van der Waals surface area contributed by atoms with Crippen LogP contribution in [0, 0.1) is 0 Å². The summed E-state index contributed by atoms with van der Waals surface area (Å²) in [5.41, 5.74) is 9.45. The second-order valence-electron chi connectivity index (χ2n) is 7.33. The minimum Gasteiger partial charge on any atom is -0.497 e. The number of hydrogen-bond acceptors (Lipinski definition) is 4. The molecule has 1 saturated heterocycles. The number of nitrogens with two attached hydrogens (primary N) is 1. The maximum atomic E-state index is 6.23. The monoisotopic (exact) mass is 396 g/mol. The molecule has 1 aliphatic heterocycles. The maximum Gasteiger partial charge on any atom is 0.193 e. The van der Waals surface area contributed by atoms with Gasteiger partial charge in [0.15, 0.2) is 5.96 Å². The molecule has 0 bridgehead atoms. The molecule has 0 saturated carbocycles. The molecule has 0 radical (unpaired) electrons. The highest BCUT2D eigenvalue weighted by molar-refractivity contribution is 5.93. The summed E-state index contributed by atoms with van der Waals surface area (Å²) < 4.78 is 10.6. The van der Waals surface area contributed by atoms with Crippen molar-refractivity contribution in [3.05, 3.63) is 59.7 Å². The van der Waals surface area contributed by atoms with Crippen molar-refractivity contribution in [3.63, 3.8) is 0 Å². The molecule has 0 aromatic heterocycles. The summed E-state index contributed by atoms with van der Waals surface area (Å²) in [6, 6.07) is 16.5. The summed E-state index contributed by atoms with van der Waals surface area (Å²) in [6.45, 7) is 3.32. The molecule has 6 heteroatoms. The highest BCUT2D eigenvalue weighted by Gasteiger charge is 2.22. The van der Waals surface area contributed by atoms with E-state index in [1.807, 2.05) is 36.4 Å². The normalized spacial score (nSPS) is 16.4. The topological polar surface area (TPSA) is 72.1 Å². The summed E-state index contributed by atoms with van der Waals surface area (Å²) in [4.78, 5) is 7.20. The summed E-state index contributed by atoms with van der Waals surface area (Å²) >= 11 is 0. The molecule has 156 valence electrons. The van der Waals surface area contributed by atoms with E-state index in [1.165, 1.54) is 24.8 Å². The average Bonchev–Trinajstić information content (AvgIpc) is 2.76. The Morgan fingerprint density at radius 3 is 2.48 bits per heavy atom. The first-order valence-electron chi connectivity index (χ1n) is 10.2. The van der Waals surface area contributed by atoms with E-state index in [4.69, 9.17) is 15.2 Å². The van der Waals surface area contributed by atoms with Gasteiger partial charge in [0.2, 0.25) is 0 Å². The van der Waals surface area contributed by atoms with Crippen molar-refractivity contribution >= 4 is 11.6 Å². The van der Waals surface area contributed by atoms with E-state index in [0.717, 1.165) is 30.1 Å². The van der Waals surface area contributed by atoms with Crippen LogP contribution in [0.25, 0.3) is 0 Å². The predicted octanol–water partition coefficient (Wildman–Crippen LogP) is 3.80. The standard InChI is InChI=1S/C23H32N4O2/c1-28-17-19-8-4-5-9-21(19)26-23(24)25-16-22(27-14-6-3-7-15-27)18-10-12-20(29-2)13-11-18/h4-5,8-13,22H,3,6-7,14-17H2,1-2H3,(H3,24,25,26). The first-order chi connectivity index (χ1) is 14.2. The highest BCUT2D eigenvalue weighted by atomic mass is 16.5. The molecule has 3 rings (SSSR count). The largest absolute Gasteiger partial charge is 0.497 e. The quantitative estimate of drug-likeness (QED) is 0.525. The minimum atomic E-state index is 0.204. The number of ether oxygens (including phenoxy) is 2. The van der Waals surface area contributed by atoms with Gasteiger partial charge in [0.25, 0.3) is 0 Å². The van der Waals surface area contributed by atoms with Crippen LogP contribution >= 0.6 is 0 Å². The van der Waals surface area contributed by atoms with Crippen molar-refractivity contribution in [1.29, 1.82) is 0 Å². The number of hydrogen-bond donors (Lipinski definition) is 2. The number of methoxy groups -OCH3 is 2. The van der Waals surface area contributed by atoms with Gasteiger partial charge in [-0.1, -0.05) is 36.8 Å². The van der Waals surface area contributed by atoms with Crippen molar-refractivity contribution in [2.75, 3.05) is 39.2 Å². The van der Waals surface area contributed by atoms with Gasteiger partial charge in [-0.05, 0) is 49.7 Å². The van der Waals surface area contributed by atoms with Crippen LogP contribution in [-0.2, 0) is 11.3 Å². The Morgan fingerprint density at radius 2 is 1.79 bits per heavy atom. The van der Waals surface area contributed by atoms with E-state index in [0.29, 0.717) is 19.1 Å². The van der Waals surface area contributed by atoms with Crippen molar-refractivity contribution in [3.8, 4) is 5.75 Å². The molecule has 0 amide bonds. The molecule has 29 heavy (non-hydrogen) atoms. The molecular weight excluding hydrogens is 364 g/mol. The van der Waals surface area contributed by atoms with Gasteiger partial charge in [-0.3, -0.25) is 9.89 Å². The third-order valence-corrected chi connectivity index (χ3v) is 5.35. The third-order valence-electron chi connectivity index (χ3n) is 5.35. The van der Waals surface area contributed by atoms with Gasteiger partial charge >= 0.3 is 0 Å². The predicted molar refractivity (Wildman–Crippen MR) is 118 cm³/mol. The number of nitrogens with one attached hydrogen (secondary N) is 1. The Balaban J connectivity index is 1.74. The molecular formula is C23H32N4O2. The van der Waals surface area contributed by atoms with Gasteiger partial charge < -0.3 is 20.5 Å². The van der Waals surface area contributed by atoms with Gasteiger partial charge in [-0.15, -0.1) is 0 Å². The molecule has 3 N–H and O–H groups in total. The van der Waals surface area contributed by atoms with Crippen molar-refractivity contribution in [2.24, 2.45) is 10.7 Å². The molecule has 2 aromatic rings. The third kappa shape index (κ3) is 5.95. The molecule has 2 aromatic carbocycles.